The van der Waals surface area contributed by atoms with Crippen LogP contribution in [0.3, 0.4) is 0 Å². The van der Waals surface area contributed by atoms with Gasteiger partial charge in [0.1, 0.15) is 12.1 Å². The number of aromatic carboxylic acids is 1. The zero-order valence-electron chi connectivity index (χ0n) is 10.5. The lowest BCUT2D eigenvalue weighted by Gasteiger charge is -2.27. The highest BCUT2D eigenvalue weighted by Crippen LogP contribution is 2.09. The molecule has 1 aromatic rings. The first-order valence-corrected chi connectivity index (χ1v) is 6.29. The van der Waals surface area contributed by atoms with Crippen LogP contribution >= 0.6 is 0 Å². The second kappa shape index (κ2) is 5.69. The highest BCUT2D eigenvalue weighted by Gasteiger charge is 2.17. The van der Waals surface area contributed by atoms with Gasteiger partial charge in [0.05, 0.1) is 0 Å². The Morgan fingerprint density at radius 3 is 2.53 bits per heavy atom. The Bertz CT molecular complexity index is 544. The predicted octanol–water partition coefficient (Wildman–Crippen LogP) is 0.559. The van der Waals surface area contributed by atoms with E-state index in [9.17, 15) is 14.4 Å². The SMILES string of the molecule is O=C(O)c1cn(CC(=O)N2CCCCC2)ccc1=O. The van der Waals surface area contributed by atoms with E-state index < -0.39 is 11.4 Å². The fourth-order valence-corrected chi connectivity index (χ4v) is 2.18. The number of rotatable bonds is 3. The summed E-state index contributed by atoms with van der Waals surface area (Å²) < 4.78 is 1.45. The molecule has 1 aromatic heterocycles. The largest absolute Gasteiger partial charge is 0.477 e. The molecule has 0 radical (unpaired) electrons. The summed E-state index contributed by atoms with van der Waals surface area (Å²) in [5, 5.41) is 8.86. The van der Waals surface area contributed by atoms with Gasteiger partial charge in [0.25, 0.3) is 0 Å². The smallest absolute Gasteiger partial charge is 0.341 e. The van der Waals surface area contributed by atoms with Crippen LogP contribution in [-0.4, -0.2) is 39.5 Å². The lowest BCUT2D eigenvalue weighted by atomic mass is 10.1. The summed E-state index contributed by atoms with van der Waals surface area (Å²) in [6.45, 7) is 1.58. The molecule has 1 fully saturated rings. The van der Waals surface area contributed by atoms with E-state index in [4.69, 9.17) is 5.11 Å². The highest BCUT2D eigenvalue weighted by molar-refractivity contribution is 5.87. The summed E-state index contributed by atoms with van der Waals surface area (Å²) >= 11 is 0. The molecule has 0 unspecified atom stereocenters. The summed E-state index contributed by atoms with van der Waals surface area (Å²) in [5.74, 6) is -1.32. The van der Waals surface area contributed by atoms with Crippen molar-refractivity contribution in [1.82, 2.24) is 9.47 Å². The minimum absolute atomic E-state index is 0.0420. The molecule has 0 aliphatic carbocycles. The van der Waals surface area contributed by atoms with E-state index in [0.717, 1.165) is 32.4 Å². The average Bonchev–Trinajstić information content (AvgIpc) is 2.41. The lowest BCUT2D eigenvalue weighted by molar-refractivity contribution is -0.132. The van der Waals surface area contributed by atoms with Crippen LogP contribution in [0.2, 0.25) is 0 Å². The molecular weight excluding hydrogens is 248 g/mol. The molecule has 6 nitrogen and oxygen atoms in total. The maximum atomic E-state index is 12.0. The fraction of sp³-hybridized carbons (Fsp3) is 0.462. The van der Waals surface area contributed by atoms with E-state index in [1.807, 2.05) is 0 Å². The van der Waals surface area contributed by atoms with Gasteiger partial charge in [-0.15, -0.1) is 0 Å². The molecule has 6 heteroatoms. The molecule has 102 valence electrons. The molecule has 1 amide bonds. The van der Waals surface area contributed by atoms with Crippen molar-refractivity contribution in [1.29, 1.82) is 0 Å². The molecule has 0 aromatic carbocycles. The van der Waals surface area contributed by atoms with Crippen molar-refractivity contribution in [3.8, 4) is 0 Å². The summed E-state index contributed by atoms with van der Waals surface area (Å²) in [7, 11) is 0. The fourth-order valence-electron chi connectivity index (χ4n) is 2.18. The van der Waals surface area contributed by atoms with E-state index >= 15 is 0 Å². The van der Waals surface area contributed by atoms with Crippen LogP contribution < -0.4 is 5.43 Å². The Kier molecular flexibility index (Phi) is 3.99. The monoisotopic (exact) mass is 264 g/mol. The molecule has 1 N–H and O–H groups in total. The molecule has 0 atom stereocenters. The quantitative estimate of drug-likeness (QED) is 0.865. The van der Waals surface area contributed by atoms with Gasteiger partial charge in [0, 0.05) is 31.5 Å². The summed E-state index contributed by atoms with van der Waals surface area (Å²) in [6, 6.07) is 1.17. The average molecular weight is 264 g/mol. The van der Waals surface area contributed by atoms with Gasteiger partial charge in [-0.1, -0.05) is 0 Å². The number of carboxylic acids is 1. The summed E-state index contributed by atoms with van der Waals surface area (Å²) in [5.41, 5.74) is -0.858. The van der Waals surface area contributed by atoms with Crippen molar-refractivity contribution in [2.75, 3.05) is 13.1 Å². The molecule has 0 saturated carbocycles. The Morgan fingerprint density at radius 2 is 1.89 bits per heavy atom. The van der Waals surface area contributed by atoms with Gasteiger partial charge >= 0.3 is 5.97 Å². The first kappa shape index (κ1) is 13.3. The standard InChI is InChI=1S/C13H16N2O4/c16-11-4-7-14(8-10(11)13(18)19)9-12(17)15-5-2-1-3-6-15/h4,7-8H,1-3,5-6,9H2,(H,18,19). The maximum absolute atomic E-state index is 12.0. The second-order valence-corrected chi connectivity index (χ2v) is 4.64. The van der Waals surface area contributed by atoms with Crippen LogP contribution in [0.4, 0.5) is 0 Å². The third kappa shape index (κ3) is 3.21. The zero-order valence-corrected chi connectivity index (χ0v) is 10.5. The van der Waals surface area contributed by atoms with Crippen LogP contribution in [-0.2, 0) is 11.3 Å². The Hall–Kier alpha value is -2.11. The van der Waals surface area contributed by atoms with Crippen LogP contribution in [0.15, 0.2) is 23.3 Å². The van der Waals surface area contributed by atoms with E-state index in [1.165, 1.54) is 23.0 Å². The van der Waals surface area contributed by atoms with Crippen molar-refractivity contribution >= 4 is 11.9 Å². The minimum Gasteiger partial charge on any atom is -0.477 e. The number of carbonyl (C=O) groups is 2. The van der Waals surface area contributed by atoms with Crippen molar-refractivity contribution in [2.24, 2.45) is 0 Å². The second-order valence-electron chi connectivity index (χ2n) is 4.64. The van der Waals surface area contributed by atoms with Gasteiger partial charge in [-0.05, 0) is 19.3 Å². The first-order valence-electron chi connectivity index (χ1n) is 6.29. The molecular formula is C13H16N2O4. The van der Waals surface area contributed by atoms with Gasteiger partial charge < -0.3 is 14.6 Å². The van der Waals surface area contributed by atoms with Gasteiger partial charge in [-0.3, -0.25) is 9.59 Å². The topological polar surface area (TPSA) is 79.6 Å². The molecule has 2 heterocycles. The molecule has 1 aliphatic rings. The minimum atomic E-state index is -1.27. The van der Waals surface area contributed by atoms with Crippen molar-refractivity contribution in [2.45, 2.75) is 25.8 Å². The Balaban J connectivity index is 2.10. The number of likely N-dealkylation sites (tertiary alicyclic amines) is 1. The van der Waals surface area contributed by atoms with Crippen LogP contribution in [0, 0.1) is 0 Å². The molecule has 2 rings (SSSR count). The zero-order chi connectivity index (χ0) is 13.8. The number of carboxylic acid groups (broad SMARTS) is 1. The number of hydrogen-bond acceptors (Lipinski definition) is 3. The van der Waals surface area contributed by atoms with Gasteiger partial charge in [0.2, 0.25) is 5.91 Å². The third-order valence-corrected chi connectivity index (χ3v) is 3.23. The van der Waals surface area contributed by atoms with Crippen molar-refractivity contribution < 1.29 is 14.7 Å². The molecule has 1 aliphatic heterocycles. The number of carbonyl (C=O) groups excluding carboxylic acids is 1. The predicted molar refractivity (Wildman–Crippen MR) is 68.1 cm³/mol. The van der Waals surface area contributed by atoms with Crippen LogP contribution in [0.5, 0.6) is 0 Å². The number of hydrogen-bond donors (Lipinski definition) is 1. The lowest BCUT2D eigenvalue weighted by Crippen LogP contribution is -2.38. The maximum Gasteiger partial charge on any atom is 0.341 e. The van der Waals surface area contributed by atoms with Crippen LogP contribution in [0.1, 0.15) is 29.6 Å². The summed E-state index contributed by atoms with van der Waals surface area (Å²) in [4.78, 5) is 36.0. The number of aromatic nitrogens is 1. The molecule has 0 spiro atoms. The van der Waals surface area contributed by atoms with Crippen molar-refractivity contribution in [3.63, 3.8) is 0 Å². The van der Waals surface area contributed by atoms with Crippen LogP contribution in [0.25, 0.3) is 0 Å². The van der Waals surface area contributed by atoms with E-state index in [-0.39, 0.29) is 18.0 Å². The van der Waals surface area contributed by atoms with Gasteiger partial charge in [0.15, 0.2) is 5.43 Å². The first-order chi connectivity index (χ1) is 9.08. The molecule has 0 bridgehead atoms. The highest BCUT2D eigenvalue weighted by atomic mass is 16.4. The Labute approximate surface area is 110 Å². The number of pyridine rings is 1. The molecule has 1 saturated heterocycles. The number of amides is 1. The van der Waals surface area contributed by atoms with E-state index in [1.54, 1.807) is 4.90 Å². The molecule has 19 heavy (non-hydrogen) atoms. The van der Waals surface area contributed by atoms with Crippen molar-refractivity contribution in [3.05, 3.63) is 34.2 Å². The number of piperidine rings is 1. The van der Waals surface area contributed by atoms with E-state index in [2.05, 4.69) is 0 Å². The third-order valence-electron chi connectivity index (χ3n) is 3.23. The number of nitrogens with zero attached hydrogens (tertiary/aromatic N) is 2. The van der Waals surface area contributed by atoms with Gasteiger partial charge in [-0.2, -0.15) is 0 Å². The van der Waals surface area contributed by atoms with Gasteiger partial charge in [-0.25, -0.2) is 4.79 Å². The summed E-state index contributed by atoms with van der Waals surface area (Å²) in [6.07, 6.45) is 5.82. The Morgan fingerprint density at radius 1 is 1.21 bits per heavy atom. The normalized spacial score (nSPS) is 15.3. The van der Waals surface area contributed by atoms with E-state index in [0.29, 0.717) is 0 Å².